The fourth-order valence-electron chi connectivity index (χ4n) is 4.38. The molecule has 134 valence electrons. The van der Waals surface area contributed by atoms with Gasteiger partial charge in [0.1, 0.15) is 0 Å². The van der Waals surface area contributed by atoms with E-state index < -0.39 is 5.97 Å². The first-order valence-electron chi connectivity index (χ1n) is 9.70. The van der Waals surface area contributed by atoms with Crippen molar-refractivity contribution in [2.75, 3.05) is 26.2 Å². The van der Waals surface area contributed by atoms with Crippen molar-refractivity contribution < 1.29 is 9.90 Å². The predicted octanol–water partition coefficient (Wildman–Crippen LogP) is 3.37. The summed E-state index contributed by atoms with van der Waals surface area (Å²) in [4.78, 5) is 13.4. The molecule has 0 radical (unpaired) electrons. The Labute approximate surface area is 142 Å². The van der Waals surface area contributed by atoms with E-state index in [9.17, 15) is 4.79 Å². The van der Waals surface area contributed by atoms with Gasteiger partial charge in [-0.15, -0.1) is 0 Å². The van der Waals surface area contributed by atoms with Gasteiger partial charge >= 0.3 is 5.97 Å². The molecule has 0 aromatic carbocycles. The van der Waals surface area contributed by atoms with Gasteiger partial charge < -0.3 is 15.3 Å². The van der Waals surface area contributed by atoms with Gasteiger partial charge in [-0.05, 0) is 50.0 Å². The van der Waals surface area contributed by atoms with Gasteiger partial charge in [-0.1, -0.05) is 33.1 Å². The number of carboxylic acid groups (broad SMARTS) is 1. The highest BCUT2D eigenvalue weighted by Crippen LogP contribution is 2.25. The van der Waals surface area contributed by atoms with E-state index in [1.165, 1.54) is 32.1 Å². The first-order chi connectivity index (χ1) is 11.0. The number of hydrogen-bond acceptors (Lipinski definition) is 3. The largest absolute Gasteiger partial charge is 0.481 e. The van der Waals surface area contributed by atoms with E-state index in [0.717, 1.165) is 44.9 Å². The van der Waals surface area contributed by atoms with E-state index in [0.29, 0.717) is 24.3 Å². The van der Waals surface area contributed by atoms with Gasteiger partial charge in [-0.3, -0.25) is 4.79 Å². The second-order valence-corrected chi connectivity index (χ2v) is 8.26. The Bertz CT molecular complexity index is 353. The summed E-state index contributed by atoms with van der Waals surface area (Å²) in [6, 6.07) is 0.545. The topological polar surface area (TPSA) is 52.6 Å². The molecule has 2 rings (SSSR count). The van der Waals surface area contributed by atoms with Crippen molar-refractivity contribution in [2.45, 2.75) is 71.3 Å². The lowest BCUT2D eigenvalue weighted by Crippen LogP contribution is -2.51. The number of carboxylic acids is 1. The van der Waals surface area contributed by atoms with Crippen LogP contribution in [0.1, 0.15) is 65.2 Å². The highest BCUT2D eigenvalue weighted by molar-refractivity contribution is 5.66. The van der Waals surface area contributed by atoms with Crippen molar-refractivity contribution in [1.82, 2.24) is 10.2 Å². The lowest BCUT2D eigenvalue weighted by atomic mass is 9.87. The molecule has 0 amide bonds. The van der Waals surface area contributed by atoms with Crippen LogP contribution in [0.2, 0.25) is 0 Å². The lowest BCUT2D eigenvalue weighted by molar-refractivity contribution is -0.137. The maximum Gasteiger partial charge on any atom is 0.303 e. The second-order valence-electron chi connectivity index (χ2n) is 8.26. The molecule has 2 atom stereocenters. The maximum absolute atomic E-state index is 10.9. The van der Waals surface area contributed by atoms with Crippen molar-refractivity contribution in [2.24, 2.45) is 17.8 Å². The molecule has 2 unspecified atom stereocenters. The van der Waals surface area contributed by atoms with Crippen LogP contribution in [0.5, 0.6) is 0 Å². The minimum Gasteiger partial charge on any atom is -0.481 e. The molecule has 2 fully saturated rings. The maximum atomic E-state index is 10.9. The molecule has 1 aliphatic heterocycles. The zero-order valence-electron chi connectivity index (χ0n) is 15.1. The molecule has 0 spiro atoms. The first-order valence-corrected chi connectivity index (χ1v) is 9.70. The predicted molar refractivity (Wildman–Crippen MR) is 94.6 cm³/mol. The zero-order valence-corrected chi connectivity index (χ0v) is 15.1. The Morgan fingerprint density at radius 3 is 2.57 bits per heavy atom. The Kier molecular flexibility index (Phi) is 7.84. The van der Waals surface area contributed by atoms with Crippen molar-refractivity contribution in [3.05, 3.63) is 0 Å². The fourth-order valence-corrected chi connectivity index (χ4v) is 4.38. The van der Waals surface area contributed by atoms with Crippen LogP contribution in [0, 0.1) is 17.8 Å². The summed E-state index contributed by atoms with van der Waals surface area (Å²) in [6.45, 7) is 9.04. The number of hydrogen-bond donors (Lipinski definition) is 2. The molecule has 23 heavy (non-hydrogen) atoms. The molecule has 1 saturated carbocycles. The normalized spacial score (nSPS) is 27.4. The number of piperidine rings is 1. The van der Waals surface area contributed by atoms with Gasteiger partial charge in [0.05, 0.1) is 0 Å². The van der Waals surface area contributed by atoms with Crippen molar-refractivity contribution in [3.8, 4) is 0 Å². The summed E-state index contributed by atoms with van der Waals surface area (Å²) >= 11 is 0. The summed E-state index contributed by atoms with van der Waals surface area (Å²) in [7, 11) is 0. The number of likely N-dealkylation sites (tertiary alicyclic amines) is 1. The van der Waals surface area contributed by atoms with E-state index in [2.05, 4.69) is 24.1 Å². The smallest absolute Gasteiger partial charge is 0.303 e. The highest BCUT2D eigenvalue weighted by Gasteiger charge is 2.28. The third-order valence-corrected chi connectivity index (χ3v) is 5.42. The standard InChI is InChI=1S/C19H36N2O2/c1-15(2)12-21-13-17(8-9-19(22)23)10-18(14-21)20-11-16-6-4-3-5-7-16/h15-18,20H,3-14H2,1-2H3,(H,22,23). The van der Waals surface area contributed by atoms with Crippen LogP contribution in [0.15, 0.2) is 0 Å². The van der Waals surface area contributed by atoms with Crippen LogP contribution in [0.4, 0.5) is 0 Å². The number of aliphatic carboxylic acids is 1. The number of nitrogens with zero attached hydrogens (tertiary/aromatic N) is 1. The van der Waals surface area contributed by atoms with Gasteiger partial charge in [-0.25, -0.2) is 0 Å². The molecule has 4 nitrogen and oxygen atoms in total. The molecule has 2 aliphatic rings. The van der Waals surface area contributed by atoms with Crippen LogP contribution in [-0.4, -0.2) is 48.2 Å². The monoisotopic (exact) mass is 324 g/mol. The van der Waals surface area contributed by atoms with E-state index in [1.807, 2.05) is 0 Å². The number of nitrogens with one attached hydrogen (secondary N) is 1. The fraction of sp³-hybridized carbons (Fsp3) is 0.947. The average Bonchev–Trinajstić information content (AvgIpc) is 2.51. The third kappa shape index (κ3) is 7.21. The zero-order chi connectivity index (χ0) is 16.7. The Balaban J connectivity index is 1.81. The van der Waals surface area contributed by atoms with Crippen LogP contribution in [-0.2, 0) is 4.79 Å². The van der Waals surface area contributed by atoms with Crippen LogP contribution in [0.3, 0.4) is 0 Å². The average molecular weight is 325 g/mol. The lowest BCUT2D eigenvalue weighted by Gasteiger charge is -2.39. The van der Waals surface area contributed by atoms with Gasteiger partial charge in [-0.2, -0.15) is 0 Å². The van der Waals surface area contributed by atoms with Crippen LogP contribution >= 0.6 is 0 Å². The molecule has 1 aliphatic carbocycles. The Hall–Kier alpha value is -0.610. The van der Waals surface area contributed by atoms with Crippen molar-refractivity contribution >= 4 is 5.97 Å². The summed E-state index contributed by atoms with van der Waals surface area (Å²) < 4.78 is 0. The molecule has 0 bridgehead atoms. The van der Waals surface area contributed by atoms with Crippen LogP contribution in [0.25, 0.3) is 0 Å². The molecule has 0 aromatic heterocycles. The summed E-state index contributed by atoms with van der Waals surface area (Å²) in [5.41, 5.74) is 0. The van der Waals surface area contributed by atoms with E-state index in [4.69, 9.17) is 5.11 Å². The minimum absolute atomic E-state index is 0.315. The second kappa shape index (κ2) is 9.63. The molecule has 2 N–H and O–H groups in total. The van der Waals surface area contributed by atoms with Gasteiger partial charge in [0, 0.05) is 32.1 Å². The molecular weight excluding hydrogens is 288 g/mol. The first kappa shape index (κ1) is 18.7. The molecule has 1 saturated heterocycles. The SMILES string of the molecule is CC(C)CN1CC(CCC(=O)O)CC(NCC2CCCCC2)C1. The minimum atomic E-state index is -0.655. The quantitative estimate of drug-likeness (QED) is 0.719. The summed E-state index contributed by atoms with van der Waals surface area (Å²) in [5.74, 6) is 1.41. The molecule has 0 aromatic rings. The summed E-state index contributed by atoms with van der Waals surface area (Å²) in [5, 5.41) is 12.8. The Morgan fingerprint density at radius 2 is 1.91 bits per heavy atom. The third-order valence-electron chi connectivity index (χ3n) is 5.42. The van der Waals surface area contributed by atoms with E-state index in [1.54, 1.807) is 0 Å². The summed E-state index contributed by atoms with van der Waals surface area (Å²) in [6.07, 6.45) is 9.28. The highest BCUT2D eigenvalue weighted by atomic mass is 16.4. The van der Waals surface area contributed by atoms with Crippen LogP contribution < -0.4 is 5.32 Å². The number of rotatable bonds is 8. The van der Waals surface area contributed by atoms with E-state index in [-0.39, 0.29) is 0 Å². The van der Waals surface area contributed by atoms with Gasteiger partial charge in [0.2, 0.25) is 0 Å². The molecule has 1 heterocycles. The van der Waals surface area contributed by atoms with Crippen molar-refractivity contribution in [1.29, 1.82) is 0 Å². The van der Waals surface area contributed by atoms with Gasteiger partial charge in [0.15, 0.2) is 0 Å². The Morgan fingerprint density at radius 1 is 1.17 bits per heavy atom. The van der Waals surface area contributed by atoms with Gasteiger partial charge in [0.25, 0.3) is 0 Å². The number of carbonyl (C=O) groups is 1. The molecular formula is C19H36N2O2. The van der Waals surface area contributed by atoms with Crippen molar-refractivity contribution in [3.63, 3.8) is 0 Å². The van der Waals surface area contributed by atoms with E-state index >= 15 is 0 Å². The molecule has 4 heteroatoms.